The second-order valence-corrected chi connectivity index (χ2v) is 5.82. The van der Waals surface area contributed by atoms with Crippen LogP contribution in [0.15, 0.2) is 53.7 Å². The molecule has 1 saturated heterocycles. The Hall–Kier alpha value is -2.27. The molecule has 1 N–H and O–H groups in total. The highest BCUT2D eigenvalue weighted by Crippen LogP contribution is 2.24. The van der Waals surface area contributed by atoms with Crippen molar-refractivity contribution in [2.24, 2.45) is 11.1 Å². The molecule has 0 radical (unpaired) electrons. The fourth-order valence-electron chi connectivity index (χ4n) is 3.09. The quantitative estimate of drug-likeness (QED) is 0.531. The number of halogens is 2. The molecule has 0 aliphatic carbocycles. The Kier molecular flexibility index (Phi) is 4.67. The normalized spacial score (nSPS) is 19.2. The van der Waals surface area contributed by atoms with E-state index >= 15 is 0 Å². The van der Waals surface area contributed by atoms with Crippen LogP contribution < -0.4 is 0 Å². The molecule has 23 heavy (non-hydrogen) atoms. The molecule has 3 nitrogen and oxygen atoms in total. The maximum Gasteiger partial charge on any atom is 0.135 e. The van der Waals surface area contributed by atoms with E-state index in [1.807, 2.05) is 18.2 Å². The van der Waals surface area contributed by atoms with Gasteiger partial charge in [0.25, 0.3) is 0 Å². The van der Waals surface area contributed by atoms with E-state index in [1.54, 1.807) is 0 Å². The Morgan fingerprint density at radius 2 is 1.96 bits per heavy atom. The molecule has 120 valence electrons. The highest BCUT2D eigenvalue weighted by Gasteiger charge is 2.29. The van der Waals surface area contributed by atoms with Gasteiger partial charge >= 0.3 is 0 Å². The van der Waals surface area contributed by atoms with Crippen molar-refractivity contribution in [1.29, 1.82) is 0 Å². The third kappa shape index (κ3) is 3.56. The van der Waals surface area contributed by atoms with E-state index in [1.165, 1.54) is 17.7 Å². The van der Waals surface area contributed by atoms with Crippen LogP contribution in [0.5, 0.6) is 0 Å². The largest absolute Gasteiger partial charge is 0.411 e. The molecule has 0 saturated carbocycles. The standard InChI is InChI=1S/C18H18F2N2O/c19-15-6-7-16(17(20)10-15)18(21-23)14-8-9-22(12-14)11-13-4-2-1-3-5-13/h1-7,10,14,23H,8-9,11-12H2. The average molecular weight is 316 g/mol. The van der Waals surface area contributed by atoms with Crippen LogP contribution in [-0.4, -0.2) is 28.9 Å². The maximum atomic E-state index is 13.9. The van der Waals surface area contributed by atoms with E-state index in [4.69, 9.17) is 0 Å². The van der Waals surface area contributed by atoms with Gasteiger partial charge in [-0.05, 0) is 30.7 Å². The van der Waals surface area contributed by atoms with Gasteiger partial charge in [0, 0.05) is 30.6 Å². The van der Waals surface area contributed by atoms with Crippen LogP contribution in [0.1, 0.15) is 17.5 Å². The predicted molar refractivity (Wildman–Crippen MR) is 84.5 cm³/mol. The van der Waals surface area contributed by atoms with E-state index in [9.17, 15) is 14.0 Å². The van der Waals surface area contributed by atoms with Crippen molar-refractivity contribution in [2.75, 3.05) is 13.1 Å². The molecule has 3 rings (SSSR count). The molecule has 1 atom stereocenters. The lowest BCUT2D eigenvalue weighted by Gasteiger charge is -2.17. The number of rotatable bonds is 4. The molecule has 5 heteroatoms. The van der Waals surface area contributed by atoms with Crippen molar-refractivity contribution in [3.63, 3.8) is 0 Å². The summed E-state index contributed by atoms with van der Waals surface area (Å²) in [6.07, 6.45) is 0.781. The molecule has 1 unspecified atom stereocenters. The minimum Gasteiger partial charge on any atom is -0.411 e. The summed E-state index contributed by atoms with van der Waals surface area (Å²) in [7, 11) is 0. The van der Waals surface area contributed by atoms with Crippen LogP contribution in [0.4, 0.5) is 8.78 Å². The molecule has 0 spiro atoms. The third-order valence-corrected chi connectivity index (χ3v) is 4.22. The summed E-state index contributed by atoms with van der Waals surface area (Å²) < 4.78 is 27.0. The van der Waals surface area contributed by atoms with Gasteiger partial charge in [-0.2, -0.15) is 0 Å². The van der Waals surface area contributed by atoms with Crippen molar-refractivity contribution >= 4 is 5.71 Å². The fraction of sp³-hybridized carbons (Fsp3) is 0.278. The van der Waals surface area contributed by atoms with Crippen molar-refractivity contribution in [3.8, 4) is 0 Å². The zero-order valence-corrected chi connectivity index (χ0v) is 12.6. The molecule has 0 amide bonds. The first-order valence-corrected chi connectivity index (χ1v) is 7.61. The molecule has 1 heterocycles. The summed E-state index contributed by atoms with van der Waals surface area (Å²) in [4.78, 5) is 2.24. The Bertz CT molecular complexity index is 703. The second-order valence-electron chi connectivity index (χ2n) is 5.82. The van der Waals surface area contributed by atoms with Crippen LogP contribution in [0.25, 0.3) is 0 Å². The highest BCUT2D eigenvalue weighted by molar-refractivity contribution is 6.02. The van der Waals surface area contributed by atoms with E-state index in [2.05, 4.69) is 22.2 Å². The summed E-state index contributed by atoms with van der Waals surface area (Å²) in [6, 6.07) is 13.4. The molecule has 2 aromatic carbocycles. The minimum absolute atomic E-state index is 0.0660. The highest BCUT2D eigenvalue weighted by atomic mass is 19.1. The van der Waals surface area contributed by atoms with Crippen molar-refractivity contribution < 1.29 is 14.0 Å². The molecular weight excluding hydrogens is 298 g/mol. The first-order valence-electron chi connectivity index (χ1n) is 7.61. The monoisotopic (exact) mass is 316 g/mol. The fourth-order valence-corrected chi connectivity index (χ4v) is 3.09. The van der Waals surface area contributed by atoms with Crippen molar-refractivity contribution in [2.45, 2.75) is 13.0 Å². The summed E-state index contributed by atoms with van der Waals surface area (Å²) in [6.45, 7) is 2.34. The van der Waals surface area contributed by atoms with Crippen LogP contribution in [0, 0.1) is 17.6 Å². The van der Waals surface area contributed by atoms with E-state index in [-0.39, 0.29) is 17.2 Å². The van der Waals surface area contributed by atoms with E-state index in [0.29, 0.717) is 6.54 Å². The first kappa shape index (κ1) is 15.6. The third-order valence-electron chi connectivity index (χ3n) is 4.22. The summed E-state index contributed by atoms with van der Waals surface area (Å²) >= 11 is 0. The lowest BCUT2D eigenvalue weighted by molar-refractivity contribution is 0.309. The Labute approximate surface area is 133 Å². The van der Waals surface area contributed by atoms with Crippen LogP contribution in [0.3, 0.4) is 0 Å². The first-order chi connectivity index (χ1) is 11.2. The van der Waals surface area contributed by atoms with Gasteiger partial charge in [-0.1, -0.05) is 35.5 Å². The lowest BCUT2D eigenvalue weighted by Crippen LogP contribution is -2.24. The van der Waals surface area contributed by atoms with Gasteiger partial charge < -0.3 is 5.21 Å². The van der Waals surface area contributed by atoms with Gasteiger partial charge in [0.1, 0.15) is 11.6 Å². The Balaban J connectivity index is 1.72. The summed E-state index contributed by atoms with van der Waals surface area (Å²) in [5.41, 5.74) is 1.67. The number of nitrogens with zero attached hydrogens (tertiary/aromatic N) is 2. The van der Waals surface area contributed by atoms with E-state index < -0.39 is 11.6 Å². The predicted octanol–water partition coefficient (Wildman–Crippen LogP) is 3.67. The lowest BCUT2D eigenvalue weighted by atomic mass is 9.95. The summed E-state index contributed by atoms with van der Waals surface area (Å²) in [5, 5.41) is 12.6. The maximum absolute atomic E-state index is 13.9. The number of benzene rings is 2. The number of oxime groups is 1. The zero-order valence-electron chi connectivity index (χ0n) is 12.6. The van der Waals surface area contributed by atoms with Crippen LogP contribution in [-0.2, 0) is 6.54 Å². The van der Waals surface area contributed by atoms with Crippen molar-refractivity contribution in [1.82, 2.24) is 4.90 Å². The number of hydrogen-bond donors (Lipinski definition) is 1. The van der Waals surface area contributed by atoms with Crippen molar-refractivity contribution in [3.05, 3.63) is 71.3 Å². The van der Waals surface area contributed by atoms with Crippen LogP contribution in [0.2, 0.25) is 0 Å². The number of likely N-dealkylation sites (tertiary alicyclic amines) is 1. The molecular formula is C18H18F2N2O. The van der Waals surface area contributed by atoms with Gasteiger partial charge in [-0.25, -0.2) is 8.78 Å². The summed E-state index contributed by atoms with van der Waals surface area (Å²) in [5.74, 6) is -1.40. The Morgan fingerprint density at radius 1 is 1.17 bits per heavy atom. The second kappa shape index (κ2) is 6.87. The molecule has 0 aromatic heterocycles. The average Bonchev–Trinajstić information content (AvgIpc) is 2.99. The molecule has 2 aromatic rings. The van der Waals surface area contributed by atoms with Gasteiger partial charge in [-0.15, -0.1) is 0 Å². The molecule has 1 aliphatic rings. The molecule has 1 fully saturated rings. The zero-order chi connectivity index (χ0) is 16.2. The van der Waals surface area contributed by atoms with Gasteiger partial charge in [-0.3, -0.25) is 4.90 Å². The molecule has 0 bridgehead atoms. The smallest absolute Gasteiger partial charge is 0.135 e. The van der Waals surface area contributed by atoms with Gasteiger partial charge in [0.05, 0.1) is 5.71 Å². The Morgan fingerprint density at radius 3 is 2.65 bits per heavy atom. The van der Waals surface area contributed by atoms with Crippen LogP contribution >= 0.6 is 0 Å². The topological polar surface area (TPSA) is 35.8 Å². The van der Waals surface area contributed by atoms with E-state index in [0.717, 1.165) is 25.6 Å². The van der Waals surface area contributed by atoms with Gasteiger partial charge in [0.15, 0.2) is 0 Å². The minimum atomic E-state index is -0.695. The number of hydrogen-bond acceptors (Lipinski definition) is 3. The SMILES string of the molecule is ON=C(c1ccc(F)cc1F)C1CCN(Cc2ccccc2)C1. The van der Waals surface area contributed by atoms with Gasteiger partial charge in [0.2, 0.25) is 0 Å². The molecule has 1 aliphatic heterocycles.